The van der Waals surface area contributed by atoms with Crippen molar-refractivity contribution >= 4 is 11.8 Å². The Morgan fingerprint density at radius 1 is 1.24 bits per heavy atom. The molecule has 0 amide bonds. The standard InChI is InChI=1S/C14H28N2S/c1-11-8-12(2)13(3)16(9-11)14(10-15)4-6-17-7-5-14/h11-13H,4-10,15H2,1-3H3. The van der Waals surface area contributed by atoms with E-state index >= 15 is 0 Å². The molecular weight excluding hydrogens is 228 g/mol. The minimum atomic E-state index is 0.313. The lowest BCUT2D eigenvalue weighted by Gasteiger charge is -2.53. The van der Waals surface area contributed by atoms with Crippen molar-refractivity contribution in [3.8, 4) is 0 Å². The van der Waals surface area contributed by atoms with Crippen molar-refractivity contribution in [2.75, 3.05) is 24.6 Å². The van der Waals surface area contributed by atoms with E-state index in [4.69, 9.17) is 5.73 Å². The molecule has 3 heteroatoms. The minimum Gasteiger partial charge on any atom is -0.329 e. The maximum Gasteiger partial charge on any atom is 0.0350 e. The molecule has 2 fully saturated rings. The van der Waals surface area contributed by atoms with Crippen LogP contribution in [0.5, 0.6) is 0 Å². The molecule has 0 spiro atoms. The summed E-state index contributed by atoms with van der Waals surface area (Å²) in [5, 5.41) is 0. The Balaban J connectivity index is 2.16. The molecule has 100 valence electrons. The van der Waals surface area contributed by atoms with Crippen molar-refractivity contribution in [1.82, 2.24) is 4.90 Å². The molecule has 2 N–H and O–H groups in total. The van der Waals surface area contributed by atoms with Crippen LogP contribution >= 0.6 is 11.8 Å². The van der Waals surface area contributed by atoms with Crippen LogP contribution in [0, 0.1) is 11.8 Å². The number of hydrogen-bond donors (Lipinski definition) is 1. The quantitative estimate of drug-likeness (QED) is 0.823. The summed E-state index contributed by atoms with van der Waals surface area (Å²) in [5.41, 5.74) is 6.48. The number of nitrogens with two attached hydrogens (primary N) is 1. The topological polar surface area (TPSA) is 29.3 Å². The number of thioether (sulfide) groups is 1. The van der Waals surface area contributed by atoms with E-state index in [-0.39, 0.29) is 0 Å². The summed E-state index contributed by atoms with van der Waals surface area (Å²) in [7, 11) is 0. The van der Waals surface area contributed by atoms with Crippen LogP contribution in [0.15, 0.2) is 0 Å². The number of hydrogen-bond acceptors (Lipinski definition) is 3. The van der Waals surface area contributed by atoms with Gasteiger partial charge in [-0.25, -0.2) is 0 Å². The van der Waals surface area contributed by atoms with Crippen molar-refractivity contribution in [3.05, 3.63) is 0 Å². The third-order valence-corrected chi connectivity index (χ3v) is 6.00. The molecule has 0 aromatic rings. The van der Waals surface area contributed by atoms with Gasteiger partial charge in [0.2, 0.25) is 0 Å². The van der Waals surface area contributed by atoms with Crippen LogP contribution in [-0.2, 0) is 0 Å². The fraction of sp³-hybridized carbons (Fsp3) is 1.00. The van der Waals surface area contributed by atoms with Gasteiger partial charge < -0.3 is 5.73 Å². The van der Waals surface area contributed by atoms with Gasteiger partial charge in [0, 0.05) is 24.7 Å². The zero-order valence-electron chi connectivity index (χ0n) is 11.6. The summed E-state index contributed by atoms with van der Waals surface area (Å²) < 4.78 is 0. The minimum absolute atomic E-state index is 0.313. The summed E-state index contributed by atoms with van der Waals surface area (Å²) in [6.45, 7) is 9.33. The van der Waals surface area contributed by atoms with Gasteiger partial charge in [-0.3, -0.25) is 4.90 Å². The smallest absolute Gasteiger partial charge is 0.0350 e. The van der Waals surface area contributed by atoms with E-state index in [1.165, 1.54) is 37.3 Å². The molecule has 0 aromatic heterocycles. The lowest BCUT2D eigenvalue weighted by Crippen LogP contribution is -2.62. The average Bonchev–Trinajstić information content (AvgIpc) is 2.34. The first-order valence-corrected chi connectivity index (χ1v) is 8.29. The van der Waals surface area contributed by atoms with Crippen LogP contribution < -0.4 is 5.73 Å². The predicted molar refractivity (Wildman–Crippen MR) is 77.5 cm³/mol. The second kappa shape index (κ2) is 5.50. The summed E-state index contributed by atoms with van der Waals surface area (Å²) in [6, 6.07) is 0.706. The van der Waals surface area contributed by atoms with Crippen LogP contribution in [0.4, 0.5) is 0 Å². The molecule has 2 rings (SSSR count). The second-order valence-corrected chi connectivity index (χ2v) is 7.48. The Hall–Kier alpha value is 0.270. The Labute approximate surface area is 111 Å². The fourth-order valence-corrected chi connectivity index (χ4v) is 4.95. The lowest BCUT2D eigenvalue weighted by atomic mass is 9.79. The third-order valence-electron chi connectivity index (χ3n) is 5.01. The third kappa shape index (κ3) is 2.66. The molecule has 3 unspecified atom stereocenters. The van der Waals surface area contributed by atoms with Gasteiger partial charge in [0.05, 0.1) is 0 Å². The van der Waals surface area contributed by atoms with E-state index in [0.717, 1.165) is 18.4 Å². The van der Waals surface area contributed by atoms with Crippen molar-refractivity contribution < 1.29 is 0 Å². The van der Waals surface area contributed by atoms with Crippen molar-refractivity contribution in [1.29, 1.82) is 0 Å². The first-order chi connectivity index (χ1) is 8.09. The van der Waals surface area contributed by atoms with Gasteiger partial charge in [0.25, 0.3) is 0 Å². The summed E-state index contributed by atoms with van der Waals surface area (Å²) in [6.07, 6.45) is 3.96. The van der Waals surface area contributed by atoms with Gasteiger partial charge in [-0.15, -0.1) is 0 Å². The molecule has 2 heterocycles. The second-order valence-electron chi connectivity index (χ2n) is 6.25. The molecule has 2 saturated heterocycles. The average molecular weight is 256 g/mol. The molecule has 0 radical (unpaired) electrons. The van der Waals surface area contributed by atoms with Gasteiger partial charge in [-0.05, 0) is 49.5 Å². The molecule has 0 aliphatic carbocycles. The van der Waals surface area contributed by atoms with Crippen molar-refractivity contribution in [2.45, 2.75) is 51.6 Å². The molecule has 0 aromatic carbocycles. The summed E-state index contributed by atoms with van der Waals surface area (Å²) in [5.74, 6) is 4.24. The molecule has 0 bridgehead atoms. The van der Waals surface area contributed by atoms with E-state index in [2.05, 4.69) is 37.4 Å². The monoisotopic (exact) mass is 256 g/mol. The SMILES string of the molecule is CC1CC(C)C(C)N(C2(CN)CCSCC2)C1. The molecule has 2 nitrogen and oxygen atoms in total. The lowest BCUT2D eigenvalue weighted by molar-refractivity contribution is -0.0207. The van der Waals surface area contributed by atoms with Gasteiger partial charge in [-0.2, -0.15) is 11.8 Å². The van der Waals surface area contributed by atoms with Gasteiger partial charge in [-0.1, -0.05) is 13.8 Å². The highest BCUT2D eigenvalue weighted by molar-refractivity contribution is 7.99. The molecule has 17 heavy (non-hydrogen) atoms. The zero-order valence-corrected chi connectivity index (χ0v) is 12.4. The van der Waals surface area contributed by atoms with Crippen LogP contribution in [0.3, 0.4) is 0 Å². The van der Waals surface area contributed by atoms with Crippen LogP contribution in [-0.4, -0.2) is 41.1 Å². The molecular formula is C14H28N2S. The highest BCUT2D eigenvalue weighted by Gasteiger charge is 2.43. The number of likely N-dealkylation sites (tertiary alicyclic amines) is 1. The first kappa shape index (κ1) is 13.7. The Morgan fingerprint density at radius 2 is 1.88 bits per heavy atom. The van der Waals surface area contributed by atoms with Crippen LogP contribution in [0.25, 0.3) is 0 Å². The fourth-order valence-electron chi connectivity index (χ4n) is 3.70. The number of rotatable bonds is 2. The van der Waals surface area contributed by atoms with E-state index in [9.17, 15) is 0 Å². The van der Waals surface area contributed by atoms with Crippen molar-refractivity contribution in [3.63, 3.8) is 0 Å². The van der Waals surface area contributed by atoms with Crippen LogP contribution in [0.1, 0.15) is 40.0 Å². The van der Waals surface area contributed by atoms with Gasteiger partial charge in [0.15, 0.2) is 0 Å². The normalized spacial score (nSPS) is 39.2. The van der Waals surface area contributed by atoms with E-state index in [0.29, 0.717) is 11.6 Å². The molecule has 2 aliphatic heterocycles. The van der Waals surface area contributed by atoms with Crippen LogP contribution in [0.2, 0.25) is 0 Å². The van der Waals surface area contributed by atoms with Gasteiger partial charge >= 0.3 is 0 Å². The summed E-state index contributed by atoms with van der Waals surface area (Å²) >= 11 is 2.10. The van der Waals surface area contributed by atoms with E-state index in [1.54, 1.807) is 0 Å². The maximum atomic E-state index is 6.17. The Bertz CT molecular complexity index is 251. The van der Waals surface area contributed by atoms with E-state index < -0.39 is 0 Å². The maximum absolute atomic E-state index is 6.17. The highest BCUT2D eigenvalue weighted by Crippen LogP contribution is 2.38. The number of piperidine rings is 1. The van der Waals surface area contributed by atoms with Gasteiger partial charge in [0.1, 0.15) is 0 Å². The number of nitrogens with zero attached hydrogens (tertiary/aromatic N) is 1. The van der Waals surface area contributed by atoms with Crippen molar-refractivity contribution in [2.24, 2.45) is 17.6 Å². The highest BCUT2D eigenvalue weighted by atomic mass is 32.2. The summed E-state index contributed by atoms with van der Waals surface area (Å²) in [4.78, 5) is 2.77. The van der Waals surface area contributed by atoms with E-state index in [1.807, 2.05) is 0 Å². The zero-order chi connectivity index (χ0) is 12.5. The molecule has 2 aliphatic rings. The Kier molecular flexibility index (Phi) is 4.43. The first-order valence-electron chi connectivity index (χ1n) is 7.13. The largest absolute Gasteiger partial charge is 0.329 e. The molecule has 0 saturated carbocycles. The Morgan fingerprint density at radius 3 is 2.47 bits per heavy atom. The predicted octanol–water partition coefficient (Wildman–Crippen LogP) is 2.58. The molecule has 3 atom stereocenters.